The van der Waals surface area contributed by atoms with Gasteiger partial charge < -0.3 is 9.64 Å². The minimum Gasteiger partial charge on any atom is -0.380 e. The van der Waals surface area contributed by atoms with E-state index in [1.165, 1.54) is 12.8 Å². The van der Waals surface area contributed by atoms with Crippen LogP contribution in [0.2, 0.25) is 0 Å². The summed E-state index contributed by atoms with van der Waals surface area (Å²) < 4.78 is 5.64. The fourth-order valence-electron chi connectivity index (χ4n) is 4.19. The average Bonchev–Trinajstić information content (AvgIpc) is 2.89. The Morgan fingerprint density at radius 1 is 1.38 bits per heavy atom. The summed E-state index contributed by atoms with van der Waals surface area (Å²) in [4.78, 5) is 21.4. The predicted octanol–water partition coefficient (Wildman–Crippen LogP) is 2.50. The Kier molecular flexibility index (Phi) is 5.21. The van der Waals surface area contributed by atoms with E-state index in [-0.39, 0.29) is 11.4 Å². The Morgan fingerprint density at radius 3 is 2.79 bits per heavy atom. The molecule has 2 aliphatic rings. The number of nitrogens with zero attached hydrogens (tertiary/aromatic N) is 3. The van der Waals surface area contributed by atoms with Crippen LogP contribution in [0.1, 0.15) is 48.7 Å². The van der Waals surface area contributed by atoms with Crippen molar-refractivity contribution in [3.05, 3.63) is 29.6 Å². The Bertz CT molecular complexity index is 582. The molecule has 0 saturated carbocycles. The van der Waals surface area contributed by atoms with Gasteiger partial charge in [-0.3, -0.25) is 14.7 Å². The predicted molar refractivity (Wildman–Crippen MR) is 94.1 cm³/mol. The molecule has 0 aliphatic carbocycles. The van der Waals surface area contributed by atoms with Gasteiger partial charge in [0.15, 0.2) is 0 Å². The molecule has 24 heavy (non-hydrogen) atoms. The van der Waals surface area contributed by atoms with Crippen molar-refractivity contribution in [2.24, 2.45) is 0 Å². The van der Waals surface area contributed by atoms with E-state index in [2.05, 4.69) is 16.9 Å². The second-order valence-corrected chi connectivity index (χ2v) is 7.20. The summed E-state index contributed by atoms with van der Waals surface area (Å²) in [5.74, 6) is 0.0695. The van der Waals surface area contributed by atoms with Crippen LogP contribution in [0.15, 0.2) is 18.3 Å². The van der Waals surface area contributed by atoms with Crippen molar-refractivity contribution in [1.29, 1.82) is 0 Å². The molecule has 0 N–H and O–H groups in total. The van der Waals surface area contributed by atoms with Crippen molar-refractivity contribution in [2.75, 3.05) is 33.4 Å². The number of likely N-dealkylation sites (tertiary alicyclic amines) is 2. The first-order valence-corrected chi connectivity index (χ1v) is 9.08. The van der Waals surface area contributed by atoms with E-state index in [4.69, 9.17) is 4.74 Å². The van der Waals surface area contributed by atoms with E-state index in [9.17, 15) is 4.79 Å². The molecule has 0 aromatic carbocycles. The van der Waals surface area contributed by atoms with Crippen molar-refractivity contribution < 1.29 is 9.53 Å². The lowest BCUT2D eigenvalue weighted by Gasteiger charge is -2.45. The second kappa shape index (κ2) is 7.19. The second-order valence-electron chi connectivity index (χ2n) is 7.20. The van der Waals surface area contributed by atoms with Crippen LogP contribution in [-0.2, 0) is 4.74 Å². The maximum Gasteiger partial charge on any atom is 0.272 e. The van der Waals surface area contributed by atoms with Crippen molar-refractivity contribution in [3.63, 3.8) is 0 Å². The number of hydrogen-bond donors (Lipinski definition) is 0. The highest BCUT2D eigenvalue weighted by atomic mass is 16.5. The molecule has 1 aromatic heterocycles. The molecule has 2 aliphatic heterocycles. The zero-order valence-corrected chi connectivity index (χ0v) is 15.1. The number of carbonyl (C=O) groups excluding carboxylic acids is 1. The van der Waals surface area contributed by atoms with Crippen molar-refractivity contribution >= 4 is 5.91 Å². The van der Waals surface area contributed by atoms with Gasteiger partial charge in [-0.1, -0.05) is 0 Å². The van der Waals surface area contributed by atoms with Crippen LogP contribution in [0.4, 0.5) is 0 Å². The Hall–Kier alpha value is -1.46. The number of aromatic nitrogens is 1. The minimum atomic E-state index is 0.0695. The molecule has 3 heterocycles. The quantitative estimate of drug-likeness (QED) is 0.850. The molecule has 5 nitrogen and oxygen atoms in total. The number of carbonyl (C=O) groups is 1. The fourth-order valence-corrected chi connectivity index (χ4v) is 4.19. The number of ether oxygens (including phenoxy) is 1. The van der Waals surface area contributed by atoms with Gasteiger partial charge in [0.1, 0.15) is 5.69 Å². The van der Waals surface area contributed by atoms with Crippen LogP contribution < -0.4 is 0 Å². The van der Waals surface area contributed by atoms with Crippen LogP contribution in [0.25, 0.3) is 0 Å². The third kappa shape index (κ3) is 3.33. The van der Waals surface area contributed by atoms with Gasteiger partial charge in [0.05, 0.1) is 6.61 Å². The zero-order chi connectivity index (χ0) is 17.2. The number of aryl methyl sites for hydroxylation is 1. The molecule has 0 radical (unpaired) electrons. The zero-order valence-electron chi connectivity index (χ0n) is 15.1. The molecule has 0 unspecified atom stereocenters. The summed E-state index contributed by atoms with van der Waals surface area (Å²) >= 11 is 0. The highest BCUT2D eigenvalue weighted by Gasteiger charge is 2.46. The highest BCUT2D eigenvalue weighted by Crippen LogP contribution is 2.40. The molecule has 1 amide bonds. The molecule has 2 saturated heterocycles. The molecule has 1 atom stereocenters. The molecular weight excluding hydrogens is 302 g/mol. The van der Waals surface area contributed by atoms with Gasteiger partial charge in [0, 0.05) is 37.5 Å². The Morgan fingerprint density at radius 2 is 2.12 bits per heavy atom. The van der Waals surface area contributed by atoms with Crippen LogP contribution in [0.3, 0.4) is 0 Å². The lowest BCUT2D eigenvalue weighted by molar-refractivity contribution is 0.0209. The van der Waals surface area contributed by atoms with Gasteiger partial charge in [-0.25, -0.2) is 0 Å². The van der Waals surface area contributed by atoms with E-state index in [1.54, 1.807) is 6.20 Å². The molecule has 132 valence electrons. The molecular formula is C19H29N3O2. The number of pyridine rings is 1. The average molecular weight is 331 g/mol. The van der Waals surface area contributed by atoms with Gasteiger partial charge in [-0.2, -0.15) is 0 Å². The minimum absolute atomic E-state index is 0.0695. The largest absolute Gasteiger partial charge is 0.380 e. The topological polar surface area (TPSA) is 45.7 Å². The summed E-state index contributed by atoms with van der Waals surface area (Å²) in [6.07, 6.45) is 6.22. The number of likely N-dealkylation sites (N-methyl/N-ethyl adjacent to an activating group) is 1. The van der Waals surface area contributed by atoms with E-state index in [0.29, 0.717) is 11.7 Å². The maximum absolute atomic E-state index is 12.7. The SMILES string of the molecule is CCOC[C@@H]1CCC2(CCN(C(=O)c3cc(C)ccn3)CC2)N1C. The Balaban J connectivity index is 1.60. The first-order chi connectivity index (χ1) is 11.6. The van der Waals surface area contributed by atoms with E-state index in [0.717, 1.165) is 44.7 Å². The van der Waals surface area contributed by atoms with Crippen LogP contribution in [0, 0.1) is 6.92 Å². The smallest absolute Gasteiger partial charge is 0.272 e. The molecule has 0 bridgehead atoms. The molecule has 1 aromatic rings. The van der Waals surface area contributed by atoms with Crippen molar-refractivity contribution in [2.45, 2.75) is 51.1 Å². The lowest BCUT2D eigenvalue weighted by atomic mass is 9.85. The van der Waals surface area contributed by atoms with E-state index < -0.39 is 0 Å². The first-order valence-electron chi connectivity index (χ1n) is 9.08. The van der Waals surface area contributed by atoms with E-state index >= 15 is 0 Å². The molecule has 3 rings (SSSR count). The molecule has 1 spiro atoms. The Labute approximate surface area is 145 Å². The number of rotatable bonds is 4. The highest BCUT2D eigenvalue weighted by molar-refractivity contribution is 5.92. The van der Waals surface area contributed by atoms with E-state index in [1.807, 2.05) is 30.9 Å². The summed E-state index contributed by atoms with van der Waals surface area (Å²) in [7, 11) is 2.23. The summed E-state index contributed by atoms with van der Waals surface area (Å²) in [6, 6.07) is 4.33. The van der Waals surface area contributed by atoms with Gasteiger partial charge in [-0.05, 0) is 64.3 Å². The maximum atomic E-state index is 12.7. The van der Waals surface area contributed by atoms with Gasteiger partial charge in [0.2, 0.25) is 0 Å². The number of hydrogen-bond acceptors (Lipinski definition) is 4. The van der Waals surface area contributed by atoms with Crippen molar-refractivity contribution in [3.8, 4) is 0 Å². The van der Waals surface area contributed by atoms with Gasteiger partial charge in [0.25, 0.3) is 5.91 Å². The third-order valence-corrected chi connectivity index (χ3v) is 5.87. The standard InChI is InChI=1S/C19H29N3O2/c1-4-24-14-16-5-7-19(21(16)3)8-11-22(12-9-19)18(23)17-13-15(2)6-10-20-17/h6,10,13,16H,4-5,7-9,11-12,14H2,1-3H3/t16-/m0/s1. The van der Waals surface area contributed by atoms with Gasteiger partial charge >= 0.3 is 0 Å². The lowest BCUT2D eigenvalue weighted by Crippen LogP contribution is -2.54. The summed E-state index contributed by atoms with van der Waals surface area (Å²) in [5.41, 5.74) is 1.90. The molecule has 2 fully saturated rings. The summed E-state index contributed by atoms with van der Waals surface area (Å²) in [5, 5.41) is 0. The van der Waals surface area contributed by atoms with Crippen molar-refractivity contribution in [1.82, 2.24) is 14.8 Å². The monoisotopic (exact) mass is 331 g/mol. The third-order valence-electron chi connectivity index (χ3n) is 5.87. The normalized spacial score (nSPS) is 23.8. The van der Waals surface area contributed by atoms with Crippen LogP contribution >= 0.6 is 0 Å². The number of amides is 1. The van der Waals surface area contributed by atoms with Crippen LogP contribution in [-0.4, -0.2) is 65.6 Å². The molecule has 5 heteroatoms. The van der Waals surface area contributed by atoms with Crippen LogP contribution in [0.5, 0.6) is 0 Å². The fraction of sp³-hybridized carbons (Fsp3) is 0.684. The van der Waals surface area contributed by atoms with Gasteiger partial charge in [-0.15, -0.1) is 0 Å². The summed E-state index contributed by atoms with van der Waals surface area (Å²) in [6.45, 7) is 7.29. The number of piperidine rings is 1. The first kappa shape index (κ1) is 17.4.